The van der Waals surface area contributed by atoms with Crippen LogP contribution in [0.25, 0.3) is 16.9 Å². The molecule has 1 saturated heterocycles. The van der Waals surface area contributed by atoms with Crippen molar-refractivity contribution in [3.05, 3.63) is 52.8 Å². The van der Waals surface area contributed by atoms with Gasteiger partial charge in [-0.25, -0.2) is 4.98 Å². The number of carbonyl (C=O) groups is 1. The predicted molar refractivity (Wildman–Crippen MR) is 119 cm³/mol. The summed E-state index contributed by atoms with van der Waals surface area (Å²) in [6.07, 6.45) is 3.55. The number of aromatic nitrogens is 2. The number of pyridine rings is 1. The van der Waals surface area contributed by atoms with Gasteiger partial charge in [-0.2, -0.15) is 0 Å². The highest BCUT2D eigenvalue weighted by atomic mass is 35.5. The largest absolute Gasteiger partial charge is 0.466 e. The van der Waals surface area contributed by atoms with Crippen LogP contribution in [-0.4, -0.2) is 40.0 Å². The molecule has 0 saturated carbocycles. The van der Waals surface area contributed by atoms with Crippen LogP contribution in [0.15, 0.2) is 36.5 Å². The van der Waals surface area contributed by atoms with Crippen LogP contribution < -0.4 is 5.73 Å². The second kappa shape index (κ2) is 8.66. The first kappa shape index (κ1) is 20.7. The molecular weight excluding hydrogens is 400 g/mol. The van der Waals surface area contributed by atoms with Crippen LogP contribution in [0.2, 0.25) is 5.02 Å². The van der Waals surface area contributed by atoms with Crippen LogP contribution >= 0.6 is 11.6 Å². The number of nitrogens with zero attached hydrogens (tertiary/aromatic N) is 3. The summed E-state index contributed by atoms with van der Waals surface area (Å²) >= 11 is 6.24. The standard InChI is InChI=1S/C23H27ClN4O2/c1-3-30-23(29)16-8-10-27(11-9-16)14-20-22(17-4-6-19(24)15(2)12-17)26-21-7-5-18(25)13-28(20)21/h4-7,12-13,16H,3,8-11,14,25H2,1-2H3. The van der Waals surface area contributed by atoms with Gasteiger partial charge in [0.2, 0.25) is 0 Å². The summed E-state index contributed by atoms with van der Waals surface area (Å²) in [5, 5.41) is 0.745. The Labute approximate surface area is 181 Å². The molecule has 2 N–H and O–H groups in total. The highest BCUT2D eigenvalue weighted by Gasteiger charge is 2.27. The van der Waals surface area contributed by atoms with E-state index < -0.39 is 0 Å². The smallest absolute Gasteiger partial charge is 0.309 e. The van der Waals surface area contributed by atoms with Gasteiger partial charge >= 0.3 is 5.97 Å². The lowest BCUT2D eigenvalue weighted by atomic mass is 9.96. The van der Waals surface area contributed by atoms with Gasteiger partial charge in [-0.1, -0.05) is 17.7 Å². The molecule has 3 aromatic rings. The van der Waals surface area contributed by atoms with Crippen molar-refractivity contribution in [1.82, 2.24) is 14.3 Å². The van der Waals surface area contributed by atoms with E-state index in [4.69, 9.17) is 27.1 Å². The highest BCUT2D eigenvalue weighted by Crippen LogP contribution is 2.30. The number of likely N-dealkylation sites (tertiary alicyclic amines) is 1. The second-order valence-electron chi connectivity index (χ2n) is 7.86. The number of halogens is 1. The first-order valence-corrected chi connectivity index (χ1v) is 10.8. The van der Waals surface area contributed by atoms with Gasteiger partial charge in [0.15, 0.2) is 0 Å². The van der Waals surface area contributed by atoms with Gasteiger partial charge in [0, 0.05) is 29.0 Å². The third kappa shape index (κ3) is 4.16. The maximum Gasteiger partial charge on any atom is 0.309 e. The van der Waals surface area contributed by atoms with Gasteiger partial charge in [-0.3, -0.25) is 9.69 Å². The molecule has 3 heterocycles. The Morgan fingerprint density at radius 3 is 2.73 bits per heavy atom. The lowest BCUT2D eigenvalue weighted by molar-refractivity contribution is -0.149. The molecule has 0 aliphatic carbocycles. The lowest BCUT2D eigenvalue weighted by Crippen LogP contribution is -2.36. The van der Waals surface area contributed by atoms with Crippen molar-refractivity contribution in [1.29, 1.82) is 0 Å². The number of aryl methyl sites for hydroxylation is 1. The Balaban J connectivity index is 1.63. The maximum absolute atomic E-state index is 12.1. The van der Waals surface area contributed by atoms with E-state index in [1.165, 1.54) is 0 Å². The molecule has 0 spiro atoms. The number of anilines is 1. The average molecular weight is 427 g/mol. The van der Waals surface area contributed by atoms with Crippen molar-refractivity contribution >= 4 is 28.9 Å². The van der Waals surface area contributed by atoms with Crippen LogP contribution in [0.4, 0.5) is 5.69 Å². The highest BCUT2D eigenvalue weighted by molar-refractivity contribution is 6.31. The zero-order valence-corrected chi connectivity index (χ0v) is 18.2. The van der Waals surface area contributed by atoms with Crippen LogP contribution in [-0.2, 0) is 16.1 Å². The molecule has 4 rings (SSSR count). The van der Waals surface area contributed by atoms with E-state index in [1.807, 2.05) is 44.3 Å². The van der Waals surface area contributed by atoms with Crippen molar-refractivity contribution in [2.24, 2.45) is 5.92 Å². The Morgan fingerprint density at radius 1 is 1.27 bits per heavy atom. The number of nitrogen functional groups attached to an aromatic ring is 1. The molecule has 2 aromatic heterocycles. The molecule has 0 unspecified atom stereocenters. The zero-order valence-electron chi connectivity index (χ0n) is 17.4. The maximum atomic E-state index is 12.1. The lowest BCUT2D eigenvalue weighted by Gasteiger charge is -2.30. The number of piperidine rings is 1. The van der Waals surface area contributed by atoms with Crippen LogP contribution in [0.3, 0.4) is 0 Å². The van der Waals surface area contributed by atoms with E-state index in [2.05, 4.69) is 15.4 Å². The number of fused-ring (bicyclic) bond motifs is 1. The molecule has 1 aliphatic rings. The molecule has 1 fully saturated rings. The van der Waals surface area contributed by atoms with Gasteiger partial charge in [-0.05, 0) is 69.6 Å². The van der Waals surface area contributed by atoms with Gasteiger partial charge < -0.3 is 14.9 Å². The Kier molecular flexibility index (Phi) is 5.97. The molecule has 0 atom stereocenters. The zero-order chi connectivity index (χ0) is 21.3. The van der Waals surface area contributed by atoms with Gasteiger partial charge in [0.25, 0.3) is 0 Å². The fraction of sp³-hybridized carbons (Fsp3) is 0.391. The number of ether oxygens (including phenoxy) is 1. The summed E-state index contributed by atoms with van der Waals surface area (Å²) in [7, 11) is 0. The average Bonchev–Trinajstić information content (AvgIpc) is 3.08. The molecule has 0 radical (unpaired) electrons. The summed E-state index contributed by atoms with van der Waals surface area (Å²) in [6, 6.07) is 9.81. The van der Waals surface area contributed by atoms with Gasteiger partial charge in [0.1, 0.15) is 5.65 Å². The molecule has 1 aromatic carbocycles. The van der Waals surface area contributed by atoms with Crippen molar-refractivity contribution in [2.75, 3.05) is 25.4 Å². The van der Waals surface area contributed by atoms with Crippen molar-refractivity contribution in [2.45, 2.75) is 33.2 Å². The third-order valence-electron chi connectivity index (χ3n) is 5.75. The van der Waals surface area contributed by atoms with E-state index in [0.29, 0.717) is 12.3 Å². The summed E-state index contributed by atoms with van der Waals surface area (Å²) < 4.78 is 7.27. The van der Waals surface area contributed by atoms with Crippen LogP contribution in [0, 0.1) is 12.8 Å². The minimum atomic E-state index is -0.0722. The fourth-order valence-electron chi connectivity index (χ4n) is 4.08. The van der Waals surface area contributed by atoms with Crippen LogP contribution in [0.1, 0.15) is 31.0 Å². The topological polar surface area (TPSA) is 72.9 Å². The van der Waals surface area contributed by atoms with Crippen molar-refractivity contribution < 1.29 is 9.53 Å². The normalized spacial score (nSPS) is 15.6. The van der Waals surface area contributed by atoms with E-state index in [9.17, 15) is 4.79 Å². The number of carbonyl (C=O) groups excluding carboxylic acids is 1. The van der Waals surface area contributed by atoms with Gasteiger partial charge in [-0.15, -0.1) is 0 Å². The number of hydrogen-bond donors (Lipinski definition) is 1. The first-order chi connectivity index (χ1) is 14.5. The molecule has 7 heteroatoms. The summed E-state index contributed by atoms with van der Waals surface area (Å²) in [5.74, 6) is -0.0746. The number of esters is 1. The van der Waals surface area contributed by atoms with E-state index in [1.54, 1.807) is 0 Å². The van der Waals surface area contributed by atoms with Gasteiger partial charge in [0.05, 0.1) is 23.9 Å². The minimum absolute atomic E-state index is 0.00239. The van der Waals surface area contributed by atoms with Crippen molar-refractivity contribution in [3.8, 4) is 11.3 Å². The molecule has 1 aliphatic heterocycles. The molecule has 0 amide bonds. The summed E-state index contributed by atoms with van der Waals surface area (Å²) in [6.45, 7) is 6.71. The third-order valence-corrected chi connectivity index (χ3v) is 6.18. The predicted octanol–water partition coefficient (Wildman–Crippen LogP) is 4.32. The van der Waals surface area contributed by atoms with E-state index in [0.717, 1.165) is 65.7 Å². The molecule has 158 valence electrons. The molecule has 0 bridgehead atoms. The minimum Gasteiger partial charge on any atom is -0.466 e. The first-order valence-electron chi connectivity index (χ1n) is 10.4. The fourth-order valence-corrected chi connectivity index (χ4v) is 4.20. The second-order valence-corrected chi connectivity index (χ2v) is 8.27. The number of rotatable bonds is 5. The number of hydrogen-bond acceptors (Lipinski definition) is 5. The Morgan fingerprint density at radius 2 is 2.03 bits per heavy atom. The van der Waals surface area contributed by atoms with E-state index in [-0.39, 0.29) is 11.9 Å². The van der Waals surface area contributed by atoms with Crippen molar-refractivity contribution in [3.63, 3.8) is 0 Å². The molecule has 6 nitrogen and oxygen atoms in total. The number of nitrogens with two attached hydrogens (primary N) is 1. The molecule has 30 heavy (non-hydrogen) atoms. The monoisotopic (exact) mass is 426 g/mol. The summed E-state index contributed by atoms with van der Waals surface area (Å²) in [5.41, 5.74) is 11.7. The SMILES string of the molecule is CCOC(=O)C1CCN(Cc2c(-c3ccc(Cl)c(C)c3)nc3ccc(N)cn23)CC1. The number of imidazole rings is 1. The Hall–Kier alpha value is -2.57. The molecular formula is C23H27ClN4O2. The Bertz CT molecular complexity index is 1070. The quantitative estimate of drug-likeness (QED) is 0.615. The number of benzene rings is 1. The van der Waals surface area contributed by atoms with E-state index >= 15 is 0 Å². The summed E-state index contributed by atoms with van der Waals surface area (Å²) in [4.78, 5) is 19.3. The van der Waals surface area contributed by atoms with Crippen LogP contribution in [0.5, 0.6) is 0 Å².